The minimum atomic E-state index is -0.651. The van der Waals surface area contributed by atoms with Crippen molar-refractivity contribution in [1.29, 1.82) is 0 Å². The Balaban J connectivity index is 1.63. The van der Waals surface area contributed by atoms with Gasteiger partial charge in [-0.3, -0.25) is 4.79 Å². The lowest BCUT2D eigenvalue weighted by Crippen LogP contribution is -2.40. The summed E-state index contributed by atoms with van der Waals surface area (Å²) in [6, 6.07) is 15.2. The average Bonchev–Trinajstić information content (AvgIpc) is 2.63. The summed E-state index contributed by atoms with van der Waals surface area (Å²) >= 11 is 0. The topological polar surface area (TPSA) is 50.8 Å². The fourth-order valence-electron chi connectivity index (χ4n) is 2.72. The molecule has 5 nitrogen and oxygen atoms in total. The van der Waals surface area contributed by atoms with Crippen LogP contribution in [0.25, 0.3) is 0 Å². The summed E-state index contributed by atoms with van der Waals surface area (Å²) in [5, 5.41) is 2.88. The quantitative estimate of drug-likeness (QED) is 0.916. The molecule has 1 N–H and O–H groups in total. The number of fused-ring (bicyclic) bond motifs is 1. The number of carbonyl (C=O) groups is 1. The third-order valence-corrected chi connectivity index (χ3v) is 4.06. The van der Waals surface area contributed by atoms with E-state index in [2.05, 4.69) is 24.1 Å². The summed E-state index contributed by atoms with van der Waals surface area (Å²) in [7, 11) is 0. The molecule has 3 rings (SSSR count). The molecule has 1 amide bonds. The van der Waals surface area contributed by atoms with Crippen molar-refractivity contribution in [2.24, 2.45) is 0 Å². The molecule has 0 saturated carbocycles. The normalized spacial score (nSPS) is 15.7. The van der Waals surface area contributed by atoms with Crippen molar-refractivity contribution >= 4 is 17.3 Å². The molecule has 5 heteroatoms. The van der Waals surface area contributed by atoms with Crippen LogP contribution in [0.15, 0.2) is 48.5 Å². The van der Waals surface area contributed by atoms with Gasteiger partial charge in [-0.05, 0) is 50.2 Å². The summed E-state index contributed by atoms with van der Waals surface area (Å²) in [5.74, 6) is 1.06. The Morgan fingerprint density at radius 1 is 1.08 bits per heavy atom. The number of hydrogen-bond donors (Lipinski definition) is 1. The molecular formula is C19H22N2O3. The minimum absolute atomic E-state index is 0.208. The third kappa shape index (κ3) is 3.45. The van der Waals surface area contributed by atoms with E-state index in [-0.39, 0.29) is 12.5 Å². The van der Waals surface area contributed by atoms with Gasteiger partial charge in [-0.25, -0.2) is 0 Å². The highest BCUT2D eigenvalue weighted by molar-refractivity contribution is 5.94. The fraction of sp³-hybridized carbons (Fsp3) is 0.316. The summed E-state index contributed by atoms with van der Waals surface area (Å²) in [4.78, 5) is 14.6. The van der Waals surface area contributed by atoms with Crippen LogP contribution < -0.4 is 19.7 Å². The molecule has 0 saturated heterocycles. The monoisotopic (exact) mass is 326 g/mol. The first-order valence-corrected chi connectivity index (χ1v) is 8.25. The predicted octanol–water partition coefficient (Wildman–Crippen LogP) is 3.31. The van der Waals surface area contributed by atoms with Crippen molar-refractivity contribution in [3.63, 3.8) is 0 Å². The standard InChI is InChI=1S/C19H22N2O3/c1-3-21(4-2)15-11-9-14(10-12-15)20-19(22)18-13-23-16-7-5-6-8-17(16)24-18/h5-12,18H,3-4,13H2,1-2H3,(H,20,22)/t18-/m0/s1. The van der Waals surface area contributed by atoms with E-state index in [1.54, 1.807) is 6.07 Å². The maximum atomic E-state index is 12.4. The van der Waals surface area contributed by atoms with E-state index in [9.17, 15) is 4.79 Å². The highest BCUT2D eigenvalue weighted by atomic mass is 16.6. The molecule has 1 heterocycles. The molecular weight excluding hydrogens is 304 g/mol. The maximum absolute atomic E-state index is 12.4. The molecule has 0 radical (unpaired) electrons. The van der Waals surface area contributed by atoms with Crippen LogP contribution >= 0.6 is 0 Å². The number of anilines is 2. The molecule has 2 aromatic rings. The third-order valence-electron chi connectivity index (χ3n) is 4.06. The van der Waals surface area contributed by atoms with Crippen LogP contribution in [0.4, 0.5) is 11.4 Å². The molecule has 0 spiro atoms. The van der Waals surface area contributed by atoms with E-state index in [0.717, 1.165) is 24.5 Å². The number of rotatable bonds is 5. The van der Waals surface area contributed by atoms with Crippen molar-refractivity contribution < 1.29 is 14.3 Å². The number of para-hydroxylation sites is 2. The Kier molecular flexibility index (Phi) is 4.89. The summed E-state index contributed by atoms with van der Waals surface area (Å²) < 4.78 is 11.3. The first kappa shape index (κ1) is 16.2. The number of ether oxygens (including phenoxy) is 2. The highest BCUT2D eigenvalue weighted by Gasteiger charge is 2.27. The van der Waals surface area contributed by atoms with Gasteiger partial charge < -0.3 is 19.7 Å². The summed E-state index contributed by atoms with van der Waals surface area (Å²) in [6.45, 7) is 6.36. The molecule has 24 heavy (non-hydrogen) atoms. The lowest BCUT2D eigenvalue weighted by Gasteiger charge is -2.25. The number of nitrogens with zero attached hydrogens (tertiary/aromatic N) is 1. The first-order valence-electron chi connectivity index (χ1n) is 8.25. The van der Waals surface area contributed by atoms with Crippen molar-refractivity contribution in [1.82, 2.24) is 0 Å². The van der Waals surface area contributed by atoms with Gasteiger partial charge in [0.25, 0.3) is 5.91 Å². The van der Waals surface area contributed by atoms with Gasteiger partial charge in [0.1, 0.15) is 6.61 Å². The Morgan fingerprint density at radius 2 is 1.75 bits per heavy atom. The van der Waals surface area contributed by atoms with Crippen molar-refractivity contribution in [2.75, 3.05) is 29.9 Å². The lowest BCUT2D eigenvalue weighted by atomic mass is 10.2. The van der Waals surface area contributed by atoms with Crippen LogP contribution in [-0.4, -0.2) is 31.7 Å². The number of amides is 1. The van der Waals surface area contributed by atoms with Gasteiger partial charge in [0, 0.05) is 24.5 Å². The highest BCUT2D eigenvalue weighted by Crippen LogP contribution is 2.31. The lowest BCUT2D eigenvalue weighted by molar-refractivity contribution is -0.125. The zero-order chi connectivity index (χ0) is 16.9. The van der Waals surface area contributed by atoms with Gasteiger partial charge in [-0.2, -0.15) is 0 Å². The summed E-state index contributed by atoms with van der Waals surface area (Å²) in [5.41, 5.74) is 1.89. The molecule has 0 aliphatic carbocycles. The molecule has 0 bridgehead atoms. The van der Waals surface area contributed by atoms with Gasteiger partial charge in [0.15, 0.2) is 11.5 Å². The Labute approximate surface area is 142 Å². The van der Waals surface area contributed by atoms with Crippen molar-refractivity contribution in [3.05, 3.63) is 48.5 Å². The number of carbonyl (C=O) groups excluding carboxylic acids is 1. The van der Waals surface area contributed by atoms with E-state index in [1.165, 1.54) is 0 Å². The van der Waals surface area contributed by atoms with Crippen LogP contribution in [-0.2, 0) is 4.79 Å². The van der Waals surface area contributed by atoms with E-state index < -0.39 is 6.10 Å². The Hall–Kier alpha value is -2.69. The Morgan fingerprint density at radius 3 is 2.42 bits per heavy atom. The number of benzene rings is 2. The predicted molar refractivity (Wildman–Crippen MR) is 95.0 cm³/mol. The molecule has 126 valence electrons. The van der Waals surface area contributed by atoms with E-state index in [0.29, 0.717) is 11.5 Å². The first-order chi connectivity index (χ1) is 11.7. The van der Waals surface area contributed by atoms with Crippen LogP contribution in [0, 0.1) is 0 Å². The van der Waals surface area contributed by atoms with E-state index in [4.69, 9.17) is 9.47 Å². The largest absolute Gasteiger partial charge is 0.485 e. The maximum Gasteiger partial charge on any atom is 0.269 e. The number of hydrogen-bond acceptors (Lipinski definition) is 4. The zero-order valence-corrected chi connectivity index (χ0v) is 14.0. The number of nitrogens with one attached hydrogen (secondary N) is 1. The average molecular weight is 326 g/mol. The smallest absolute Gasteiger partial charge is 0.269 e. The molecule has 0 aromatic heterocycles. The van der Waals surface area contributed by atoms with Crippen LogP contribution in [0.2, 0.25) is 0 Å². The second kappa shape index (κ2) is 7.25. The molecule has 0 fully saturated rings. The zero-order valence-electron chi connectivity index (χ0n) is 14.0. The molecule has 1 aliphatic heterocycles. The van der Waals surface area contributed by atoms with Crippen LogP contribution in [0.1, 0.15) is 13.8 Å². The van der Waals surface area contributed by atoms with Gasteiger partial charge in [-0.15, -0.1) is 0 Å². The molecule has 1 atom stereocenters. The minimum Gasteiger partial charge on any atom is -0.485 e. The van der Waals surface area contributed by atoms with Gasteiger partial charge in [0.05, 0.1) is 0 Å². The van der Waals surface area contributed by atoms with Gasteiger partial charge in [-0.1, -0.05) is 12.1 Å². The van der Waals surface area contributed by atoms with Crippen LogP contribution in [0.5, 0.6) is 11.5 Å². The van der Waals surface area contributed by atoms with Crippen molar-refractivity contribution in [3.8, 4) is 11.5 Å². The fourth-order valence-corrected chi connectivity index (χ4v) is 2.72. The second-order valence-electron chi connectivity index (χ2n) is 5.57. The van der Waals surface area contributed by atoms with Gasteiger partial charge >= 0.3 is 0 Å². The van der Waals surface area contributed by atoms with Crippen LogP contribution in [0.3, 0.4) is 0 Å². The second-order valence-corrected chi connectivity index (χ2v) is 5.57. The molecule has 2 aromatic carbocycles. The SMILES string of the molecule is CCN(CC)c1ccc(NC(=O)[C@@H]2COc3ccccc3O2)cc1. The van der Waals surface area contributed by atoms with Crippen molar-refractivity contribution in [2.45, 2.75) is 20.0 Å². The summed E-state index contributed by atoms with van der Waals surface area (Å²) in [6.07, 6.45) is -0.651. The molecule has 1 aliphatic rings. The Bertz CT molecular complexity index is 696. The van der Waals surface area contributed by atoms with Gasteiger partial charge in [0.2, 0.25) is 6.10 Å². The van der Waals surface area contributed by atoms with E-state index in [1.807, 2.05) is 42.5 Å². The van der Waals surface area contributed by atoms with E-state index >= 15 is 0 Å². The molecule has 0 unspecified atom stereocenters.